The topological polar surface area (TPSA) is 52.8 Å². The van der Waals surface area contributed by atoms with Crippen LogP contribution in [0.1, 0.15) is 42.0 Å². The third-order valence-electron chi connectivity index (χ3n) is 12.6. The first-order valence-electron chi connectivity index (χ1n) is 20.3. The van der Waals surface area contributed by atoms with E-state index >= 15 is 0 Å². The molecule has 59 heavy (non-hydrogen) atoms. The van der Waals surface area contributed by atoms with Crippen LogP contribution in [0.25, 0.3) is 78.4 Å². The summed E-state index contributed by atoms with van der Waals surface area (Å²) in [6.07, 6.45) is 6.47. The molecule has 3 heterocycles. The van der Waals surface area contributed by atoms with Crippen LogP contribution >= 0.6 is 0 Å². The van der Waals surface area contributed by atoms with E-state index in [0.29, 0.717) is 17.5 Å². The fraction of sp³-hybridized carbons (Fsp3) is 0.0926. The summed E-state index contributed by atoms with van der Waals surface area (Å²) >= 11 is 0. The number of hydrogen-bond donors (Lipinski definition) is 0. The molecule has 3 aliphatic rings. The fourth-order valence-electron chi connectivity index (χ4n) is 9.76. The number of benzene rings is 7. The minimum atomic E-state index is -0.199. The van der Waals surface area contributed by atoms with Crippen molar-refractivity contribution < 1.29 is 4.74 Å². The van der Waals surface area contributed by atoms with Crippen molar-refractivity contribution in [3.8, 4) is 56.7 Å². The molecule has 0 amide bonds. The van der Waals surface area contributed by atoms with E-state index in [1.807, 2.05) is 60.7 Å². The lowest BCUT2D eigenvalue weighted by Crippen LogP contribution is -2.23. The normalized spacial score (nSPS) is 16.9. The number of rotatable bonds is 5. The van der Waals surface area contributed by atoms with E-state index in [0.717, 1.165) is 39.3 Å². The first-order valence-corrected chi connectivity index (χ1v) is 20.3. The van der Waals surface area contributed by atoms with Crippen molar-refractivity contribution in [2.24, 2.45) is 0 Å². The zero-order chi connectivity index (χ0) is 39.2. The molecule has 9 aromatic rings. The smallest absolute Gasteiger partial charge is 0.164 e. The van der Waals surface area contributed by atoms with Gasteiger partial charge in [0, 0.05) is 49.9 Å². The molecule has 2 aromatic heterocycles. The van der Waals surface area contributed by atoms with Crippen molar-refractivity contribution in [3.63, 3.8) is 0 Å². The van der Waals surface area contributed by atoms with Gasteiger partial charge < -0.3 is 9.30 Å². The van der Waals surface area contributed by atoms with Gasteiger partial charge in [0.25, 0.3) is 0 Å². The maximum absolute atomic E-state index is 7.23. The third kappa shape index (κ3) is 5.14. The second kappa shape index (κ2) is 12.8. The van der Waals surface area contributed by atoms with Gasteiger partial charge in [-0.2, -0.15) is 0 Å². The molecule has 0 saturated carbocycles. The molecule has 0 saturated heterocycles. The summed E-state index contributed by atoms with van der Waals surface area (Å²) < 4.78 is 9.66. The Morgan fingerprint density at radius 1 is 0.525 bits per heavy atom. The first kappa shape index (κ1) is 33.7. The van der Waals surface area contributed by atoms with Gasteiger partial charge in [0.2, 0.25) is 0 Å². The van der Waals surface area contributed by atoms with Crippen LogP contribution in [0.5, 0.6) is 5.75 Å². The maximum atomic E-state index is 7.23. The molecule has 0 spiro atoms. The molecular weight excluding hydrogens is 721 g/mol. The van der Waals surface area contributed by atoms with Gasteiger partial charge in [0.15, 0.2) is 23.2 Å². The van der Waals surface area contributed by atoms with E-state index in [9.17, 15) is 0 Å². The standard InChI is InChI=1S/C54H38N4O/c1-54(2)44-27-11-9-22-38(44)42-31-43-39-23-10-12-28-46(39)58(48(43)32-45(42)54)47-29-15-26-41-40-25-14-24-37(49(40)59-50(41)47)35-20-13-21-36(30-35)53-56-51(33-16-5-3-6-17-33)55-52(57-53)34-18-7-4-8-19-34/h3-32,37,49H,1-2H3. The fourth-order valence-corrected chi connectivity index (χ4v) is 9.76. The van der Waals surface area contributed by atoms with Crippen LogP contribution < -0.4 is 4.74 Å². The van der Waals surface area contributed by atoms with Crippen molar-refractivity contribution in [1.29, 1.82) is 0 Å². The summed E-state index contributed by atoms with van der Waals surface area (Å²) in [5.74, 6) is 2.81. The Kier molecular flexibility index (Phi) is 7.33. The molecule has 2 aliphatic carbocycles. The summed E-state index contributed by atoms with van der Waals surface area (Å²) in [7, 11) is 0. The number of aromatic nitrogens is 4. The highest BCUT2D eigenvalue weighted by molar-refractivity contribution is 6.12. The third-order valence-corrected chi connectivity index (χ3v) is 12.6. The van der Waals surface area contributed by atoms with Crippen LogP contribution in [-0.4, -0.2) is 25.6 Å². The first-order chi connectivity index (χ1) is 29.0. The Morgan fingerprint density at radius 3 is 1.95 bits per heavy atom. The van der Waals surface area contributed by atoms with Gasteiger partial charge in [-0.1, -0.05) is 166 Å². The molecule has 0 bridgehead atoms. The van der Waals surface area contributed by atoms with Crippen molar-refractivity contribution >= 4 is 27.4 Å². The SMILES string of the molecule is CC1(C)c2ccccc2-c2cc3c4ccccc4n(-c4cccc5c4OC4C5=CC=CC4c4cccc(-c5nc(-c6ccccc6)nc(-c6ccccc6)n5)c4)c3cc21. The van der Waals surface area contributed by atoms with E-state index in [4.69, 9.17) is 19.7 Å². The average Bonchev–Trinajstić information content (AvgIpc) is 3.91. The summed E-state index contributed by atoms with van der Waals surface area (Å²) in [5, 5.41) is 2.49. The Bertz CT molecular complexity index is 3170. The molecule has 7 aromatic carbocycles. The largest absolute Gasteiger partial charge is 0.482 e. The lowest BCUT2D eigenvalue weighted by molar-refractivity contribution is 0.258. The van der Waals surface area contributed by atoms with E-state index in [2.05, 4.69) is 140 Å². The van der Waals surface area contributed by atoms with Gasteiger partial charge in [-0.3, -0.25) is 0 Å². The van der Waals surface area contributed by atoms with E-state index in [1.165, 1.54) is 49.6 Å². The number of fused-ring (bicyclic) bond motifs is 9. The zero-order valence-corrected chi connectivity index (χ0v) is 32.7. The molecule has 0 N–H and O–H groups in total. The highest BCUT2D eigenvalue weighted by Gasteiger charge is 2.39. The molecule has 0 radical (unpaired) electrons. The Labute approximate surface area is 342 Å². The monoisotopic (exact) mass is 758 g/mol. The summed E-state index contributed by atoms with van der Waals surface area (Å²) in [5.41, 5.74) is 15.0. The molecule has 2 atom stereocenters. The zero-order valence-electron chi connectivity index (χ0n) is 32.7. The maximum Gasteiger partial charge on any atom is 0.164 e. The highest BCUT2D eigenvalue weighted by Crippen LogP contribution is 2.53. The lowest BCUT2D eigenvalue weighted by atomic mass is 9.82. The molecule has 5 nitrogen and oxygen atoms in total. The average molecular weight is 759 g/mol. The summed E-state index contributed by atoms with van der Waals surface area (Å²) in [6, 6.07) is 58.0. The second-order valence-electron chi connectivity index (χ2n) is 16.3. The van der Waals surface area contributed by atoms with Crippen LogP contribution in [0.15, 0.2) is 182 Å². The van der Waals surface area contributed by atoms with Crippen molar-refractivity contribution in [3.05, 3.63) is 204 Å². The Balaban J connectivity index is 0.957. The minimum Gasteiger partial charge on any atom is -0.482 e. The highest BCUT2D eigenvalue weighted by atomic mass is 16.5. The summed E-state index contributed by atoms with van der Waals surface area (Å²) in [6.45, 7) is 4.70. The second-order valence-corrected chi connectivity index (χ2v) is 16.3. The van der Waals surface area contributed by atoms with Crippen molar-refractivity contribution in [2.45, 2.75) is 31.3 Å². The molecule has 5 heteroatoms. The Morgan fingerprint density at radius 2 is 1.17 bits per heavy atom. The molecule has 2 unspecified atom stereocenters. The summed E-state index contributed by atoms with van der Waals surface area (Å²) in [4.78, 5) is 15.0. The number of ether oxygens (including phenoxy) is 1. The van der Waals surface area contributed by atoms with Gasteiger partial charge in [-0.05, 0) is 58.1 Å². The van der Waals surface area contributed by atoms with Gasteiger partial charge in [-0.25, -0.2) is 15.0 Å². The number of para-hydroxylation sites is 2. The molecule has 12 rings (SSSR count). The van der Waals surface area contributed by atoms with Gasteiger partial charge >= 0.3 is 0 Å². The number of nitrogens with zero attached hydrogens (tertiary/aromatic N) is 4. The van der Waals surface area contributed by atoms with Crippen LogP contribution in [0.2, 0.25) is 0 Å². The van der Waals surface area contributed by atoms with Gasteiger partial charge in [-0.15, -0.1) is 0 Å². The van der Waals surface area contributed by atoms with Gasteiger partial charge in [0.05, 0.1) is 16.7 Å². The quantitative estimate of drug-likeness (QED) is 0.175. The lowest BCUT2D eigenvalue weighted by Gasteiger charge is -2.25. The predicted octanol–water partition coefficient (Wildman–Crippen LogP) is 12.8. The number of hydrogen-bond acceptors (Lipinski definition) is 4. The van der Waals surface area contributed by atoms with Crippen LogP contribution in [0.4, 0.5) is 0 Å². The Hall–Kier alpha value is -7.37. The predicted molar refractivity (Wildman–Crippen MR) is 239 cm³/mol. The molecule has 1 aliphatic heterocycles. The number of allylic oxidation sites excluding steroid dienone is 2. The van der Waals surface area contributed by atoms with E-state index < -0.39 is 0 Å². The molecule has 280 valence electrons. The minimum absolute atomic E-state index is 0.0278. The molecule has 0 fully saturated rings. The van der Waals surface area contributed by atoms with Crippen molar-refractivity contribution in [1.82, 2.24) is 19.5 Å². The van der Waals surface area contributed by atoms with Crippen LogP contribution in [0.3, 0.4) is 0 Å². The van der Waals surface area contributed by atoms with E-state index in [-0.39, 0.29) is 17.4 Å². The van der Waals surface area contributed by atoms with Gasteiger partial charge in [0.1, 0.15) is 6.10 Å². The van der Waals surface area contributed by atoms with Crippen LogP contribution in [0, 0.1) is 0 Å². The van der Waals surface area contributed by atoms with Crippen molar-refractivity contribution in [2.75, 3.05) is 0 Å². The van der Waals surface area contributed by atoms with Crippen LogP contribution in [-0.2, 0) is 5.41 Å². The molecular formula is C54H38N4O. The van der Waals surface area contributed by atoms with E-state index in [1.54, 1.807) is 0 Å².